The highest BCUT2D eigenvalue weighted by molar-refractivity contribution is 9.10. The predicted octanol–water partition coefficient (Wildman–Crippen LogP) is 6.43. The van der Waals surface area contributed by atoms with Crippen LogP contribution in [0, 0.1) is 11.8 Å². The smallest absolute Gasteiger partial charge is 0.126 e. The van der Waals surface area contributed by atoms with E-state index in [0.29, 0.717) is 18.4 Å². The number of para-hydroxylation sites is 1. The highest BCUT2D eigenvalue weighted by Gasteiger charge is 2.13. The molecular weight excluding hydrogens is 348 g/mol. The van der Waals surface area contributed by atoms with E-state index in [4.69, 9.17) is 4.74 Å². The molecule has 0 saturated heterocycles. The zero-order chi connectivity index (χ0) is 16.8. The van der Waals surface area contributed by atoms with Gasteiger partial charge in [-0.15, -0.1) is 0 Å². The Morgan fingerprint density at radius 2 is 1.30 bits per heavy atom. The third kappa shape index (κ3) is 5.39. The van der Waals surface area contributed by atoms with Gasteiger partial charge in [0.1, 0.15) is 12.4 Å². The van der Waals surface area contributed by atoms with Gasteiger partial charge in [0.2, 0.25) is 0 Å². The van der Waals surface area contributed by atoms with E-state index in [9.17, 15) is 0 Å². The van der Waals surface area contributed by atoms with Gasteiger partial charge in [0, 0.05) is 10.0 Å². The first-order chi connectivity index (χ1) is 11.0. The molecule has 0 radical (unpaired) electrons. The van der Waals surface area contributed by atoms with Crippen LogP contribution < -0.4 is 4.74 Å². The van der Waals surface area contributed by atoms with Crippen LogP contribution in [0.2, 0.25) is 0 Å². The second-order valence-electron chi connectivity index (χ2n) is 6.98. The number of benzene rings is 2. The molecule has 0 fully saturated rings. The van der Waals surface area contributed by atoms with Crippen LogP contribution in [0.4, 0.5) is 0 Å². The van der Waals surface area contributed by atoms with Crippen LogP contribution in [0.25, 0.3) is 0 Å². The second kappa shape index (κ2) is 8.54. The fourth-order valence-electron chi connectivity index (χ4n) is 2.79. The van der Waals surface area contributed by atoms with Gasteiger partial charge in [0.15, 0.2) is 0 Å². The molecule has 2 aromatic rings. The molecule has 124 valence electrons. The van der Waals surface area contributed by atoms with E-state index >= 15 is 0 Å². The Hall–Kier alpha value is -1.28. The molecule has 0 aliphatic heterocycles. The fourth-order valence-corrected chi connectivity index (χ4v) is 3.19. The number of hydrogen-bond donors (Lipinski definition) is 0. The van der Waals surface area contributed by atoms with E-state index in [1.165, 1.54) is 16.7 Å². The lowest BCUT2D eigenvalue weighted by Crippen LogP contribution is -2.06. The lowest BCUT2D eigenvalue weighted by atomic mass is 9.95. The molecule has 23 heavy (non-hydrogen) atoms. The van der Waals surface area contributed by atoms with Crippen molar-refractivity contribution >= 4 is 15.9 Å². The Kier molecular flexibility index (Phi) is 6.71. The summed E-state index contributed by atoms with van der Waals surface area (Å²) < 4.78 is 7.41. The van der Waals surface area contributed by atoms with Gasteiger partial charge in [-0.2, -0.15) is 0 Å². The van der Waals surface area contributed by atoms with Gasteiger partial charge in [-0.25, -0.2) is 0 Å². The summed E-state index contributed by atoms with van der Waals surface area (Å²) in [6.07, 6.45) is 2.11. The molecule has 0 atom stereocenters. The molecule has 0 N–H and O–H groups in total. The van der Waals surface area contributed by atoms with Gasteiger partial charge < -0.3 is 4.74 Å². The Morgan fingerprint density at radius 3 is 1.83 bits per heavy atom. The van der Waals surface area contributed by atoms with E-state index < -0.39 is 0 Å². The molecule has 1 nitrogen and oxygen atoms in total. The maximum absolute atomic E-state index is 6.31. The quantitative estimate of drug-likeness (QED) is 0.542. The van der Waals surface area contributed by atoms with Crippen LogP contribution in [-0.4, -0.2) is 0 Å². The molecule has 0 spiro atoms. The molecule has 0 aromatic heterocycles. The minimum absolute atomic E-state index is 0.599. The van der Waals surface area contributed by atoms with Crippen molar-refractivity contribution in [3.63, 3.8) is 0 Å². The molecule has 0 bridgehead atoms. The predicted molar refractivity (Wildman–Crippen MR) is 102 cm³/mol. The molecule has 0 saturated carbocycles. The third-order valence-electron chi connectivity index (χ3n) is 3.76. The first-order valence-corrected chi connectivity index (χ1v) is 9.23. The normalized spacial score (nSPS) is 11.3. The Morgan fingerprint density at radius 1 is 0.783 bits per heavy atom. The molecule has 0 aliphatic carbocycles. The first kappa shape index (κ1) is 18.1. The minimum atomic E-state index is 0.599. The van der Waals surface area contributed by atoms with E-state index in [0.717, 1.165) is 23.1 Å². The van der Waals surface area contributed by atoms with E-state index in [2.05, 4.69) is 80.0 Å². The molecule has 2 heteroatoms. The minimum Gasteiger partial charge on any atom is -0.488 e. The van der Waals surface area contributed by atoms with E-state index in [1.54, 1.807) is 0 Å². The first-order valence-electron chi connectivity index (χ1n) is 8.44. The lowest BCUT2D eigenvalue weighted by molar-refractivity contribution is 0.296. The summed E-state index contributed by atoms with van der Waals surface area (Å²) in [5, 5.41) is 0. The van der Waals surface area contributed by atoms with Crippen LogP contribution in [0.1, 0.15) is 44.4 Å². The number of rotatable bonds is 7. The summed E-state index contributed by atoms with van der Waals surface area (Å²) >= 11 is 3.61. The number of ether oxygens (including phenoxy) is 1. The van der Waals surface area contributed by atoms with Crippen molar-refractivity contribution in [2.45, 2.75) is 47.1 Å². The maximum atomic E-state index is 6.31. The van der Waals surface area contributed by atoms with Crippen molar-refractivity contribution < 1.29 is 4.74 Å². The van der Waals surface area contributed by atoms with Crippen LogP contribution >= 0.6 is 15.9 Å². The highest BCUT2D eigenvalue weighted by Crippen LogP contribution is 2.30. The average Bonchev–Trinajstić information content (AvgIpc) is 2.47. The summed E-state index contributed by atoms with van der Waals surface area (Å²) in [4.78, 5) is 0. The largest absolute Gasteiger partial charge is 0.488 e. The summed E-state index contributed by atoms with van der Waals surface area (Å²) in [6.45, 7) is 9.63. The molecule has 0 heterocycles. The zero-order valence-electron chi connectivity index (χ0n) is 14.6. The fraction of sp³-hybridized carbons (Fsp3) is 0.429. The summed E-state index contributed by atoms with van der Waals surface area (Å²) in [5.74, 6) is 2.33. The van der Waals surface area contributed by atoms with Gasteiger partial charge in [0.05, 0.1) is 0 Å². The van der Waals surface area contributed by atoms with Gasteiger partial charge >= 0.3 is 0 Å². The van der Waals surface area contributed by atoms with Crippen LogP contribution in [0.15, 0.2) is 46.9 Å². The van der Waals surface area contributed by atoms with Gasteiger partial charge in [-0.3, -0.25) is 0 Å². The number of hydrogen-bond acceptors (Lipinski definition) is 1. The Bertz CT molecular complexity index is 603. The summed E-state index contributed by atoms with van der Waals surface area (Å²) in [7, 11) is 0. The molecule has 2 aromatic carbocycles. The topological polar surface area (TPSA) is 9.23 Å². The molecule has 0 aliphatic rings. The second-order valence-corrected chi connectivity index (χ2v) is 7.84. The zero-order valence-corrected chi connectivity index (χ0v) is 16.2. The maximum Gasteiger partial charge on any atom is 0.126 e. The van der Waals surface area contributed by atoms with Crippen molar-refractivity contribution in [3.8, 4) is 5.75 Å². The standard InChI is InChI=1S/C21H27BrO/c1-15(2)12-17-9-7-10-18(13-16(3)4)21(17)23-14-19-8-5-6-11-20(19)22/h5-11,15-16H,12-14H2,1-4H3. The number of halogens is 1. The molecule has 0 unspecified atom stereocenters. The van der Waals surface area contributed by atoms with Crippen LogP contribution in [0.5, 0.6) is 5.75 Å². The van der Waals surface area contributed by atoms with Gasteiger partial charge in [0.25, 0.3) is 0 Å². The summed E-state index contributed by atoms with van der Waals surface area (Å²) in [6, 6.07) is 14.8. The molecular formula is C21H27BrO. The van der Waals surface area contributed by atoms with Crippen molar-refractivity contribution in [3.05, 3.63) is 63.6 Å². The Balaban J connectivity index is 2.27. The molecule has 2 rings (SSSR count). The molecule has 0 amide bonds. The SMILES string of the molecule is CC(C)Cc1cccc(CC(C)C)c1OCc1ccccc1Br. The third-order valence-corrected chi connectivity index (χ3v) is 4.54. The summed E-state index contributed by atoms with van der Waals surface area (Å²) in [5.41, 5.74) is 3.83. The van der Waals surface area contributed by atoms with Gasteiger partial charge in [-0.05, 0) is 41.9 Å². The Labute approximate surface area is 149 Å². The van der Waals surface area contributed by atoms with Crippen molar-refractivity contribution in [1.82, 2.24) is 0 Å². The van der Waals surface area contributed by atoms with Crippen molar-refractivity contribution in [2.24, 2.45) is 11.8 Å². The van der Waals surface area contributed by atoms with E-state index in [1.807, 2.05) is 6.07 Å². The van der Waals surface area contributed by atoms with Crippen LogP contribution in [-0.2, 0) is 19.4 Å². The van der Waals surface area contributed by atoms with E-state index in [-0.39, 0.29) is 0 Å². The van der Waals surface area contributed by atoms with Crippen LogP contribution in [0.3, 0.4) is 0 Å². The van der Waals surface area contributed by atoms with Crippen molar-refractivity contribution in [1.29, 1.82) is 0 Å². The monoisotopic (exact) mass is 374 g/mol. The van der Waals surface area contributed by atoms with Gasteiger partial charge in [-0.1, -0.05) is 80.0 Å². The lowest BCUT2D eigenvalue weighted by Gasteiger charge is -2.18. The highest BCUT2D eigenvalue weighted by atomic mass is 79.9. The average molecular weight is 375 g/mol. The van der Waals surface area contributed by atoms with Crippen molar-refractivity contribution in [2.75, 3.05) is 0 Å².